The largest absolute Gasteiger partial charge is 0.493 e. The highest BCUT2D eigenvalue weighted by Crippen LogP contribution is 2.32. The van der Waals surface area contributed by atoms with Crippen molar-refractivity contribution in [1.82, 2.24) is 4.90 Å². The summed E-state index contributed by atoms with van der Waals surface area (Å²) < 4.78 is 34.1. The molecule has 2 aromatic carbocycles. The summed E-state index contributed by atoms with van der Waals surface area (Å²) in [6, 6.07) is 8.37. The summed E-state index contributed by atoms with van der Waals surface area (Å²) in [5.41, 5.74) is 0.557. The summed E-state index contributed by atoms with van der Waals surface area (Å²) in [4.78, 5) is 25.3. The lowest BCUT2D eigenvalue weighted by Gasteiger charge is -2.37. The summed E-state index contributed by atoms with van der Waals surface area (Å²) in [5, 5.41) is 11.1. The number of sulfonamides is 1. The van der Waals surface area contributed by atoms with E-state index in [-0.39, 0.29) is 28.2 Å². The standard InChI is InChI=1S/C21H23N3O6S/c1-14-5-7-17(24(26)27)13-20(14)31(28,29)22-15-6-8-19-18(12-15)21(25)23-10-3-2-4-16(23)9-11-30-19/h5-8,12-13,16,22H,2-4,9-11H2,1H3. The van der Waals surface area contributed by atoms with Crippen molar-refractivity contribution in [2.75, 3.05) is 17.9 Å². The lowest BCUT2D eigenvalue weighted by Crippen LogP contribution is -2.45. The van der Waals surface area contributed by atoms with E-state index in [9.17, 15) is 23.3 Å². The number of nitro benzene ring substituents is 1. The molecule has 1 unspecified atom stereocenters. The third kappa shape index (κ3) is 4.20. The molecule has 2 heterocycles. The van der Waals surface area contributed by atoms with Gasteiger partial charge in [0, 0.05) is 36.8 Å². The first-order chi connectivity index (χ1) is 14.8. The van der Waals surface area contributed by atoms with E-state index in [1.165, 1.54) is 24.3 Å². The average Bonchev–Trinajstić information content (AvgIpc) is 2.73. The van der Waals surface area contributed by atoms with E-state index < -0.39 is 14.9 Å². The molecular weight excluding hydrogens is 422 g/mol. The number of aryl methyl sites for hydroxylation is 1. The smallest absolute Gasteiger partial charge is 0.270 e. The predicted octanol–water partition coefficient (Wildman–Crippen LogP) is 3.48. The highest BCUT2D eigenvalue weighted by molar-refractivity contribution is 7.92. The number of fused-ring (bicyclic) bond motifs is 2. The number of nitro groups is 1. The van der Waals surface area contributed by atoms with Crippen LogP contribution in [0.1, 0.15) is 41.6 Å². The van der Waals surface area contributed by atoms with Crippen molar-refractivity contribution in [1.29, 1.82) is 0 Å². The molecule has 1 amide bonds. The van der Waals surface area contributed by atoms with Crippen molar-refractivity contribution in [3.63, 3.8) is 0 Å². The van der Waals surface area contributed by atoms with Gasteiger partial charge < -0.3 is 9.64 Å². The molecule has 9 nitrogen and oxygen atoms in total. The first kappa shape index (κ1) is 21.1. The van der Waals surface area contributed by atoms with Gasteiger partial charge in [0.2, 0.25) is 0 Å². The number of nitrogens with one attached hydrogen (secondary N) is 1. The Morgan fingerprint density at radius 1 is 1.16 bits per heavy atom. The first-order valence-corrected chi connectivity index (χ1v) is 11.6. The van der Waals surface area contributed by atoms with Gasteiger partial charge in [0.15, 0.2) is 0 Å². The maximum Gasteiger partial charge on any atom is 0.270 e. The van der Waals surface area contributed by atoms with E-state index in [0.29, 0.717) is 30.0 Å². The quantitative estimate of drug-likeness (QED) is 0.568. The molecule has 0 bridgehead atoms. The number of hydrogen-bond acceptors (Lipinski definition) is 6. The molecule has 0 aliphatic carbocycles. The van der Waals surface area contributed by atoms with Crippen LogP contribution in [-0.4, -0.2) is 43.3 Å². The summed E-state index contributed by atoms with van der Waals surface area (Å²) in [6.45, 7) is 2.72. The minimum Gasteiger partial charge on any atom is -0.493 e. The molecule has 1 atom stereocenters. The van der Waals surface area contributed by atoms with Crippen molar-refractivity contribution >= 4 is 27.3 Å². The zero-order valence-corrected chi connectivity index (χ0v) is 17.9. The molecule has 4 rings (SSSR count). The average molecular weight is 445 g/mol. The topological polar surface area (TPSA) is 119 Å². The zero-order chi connectivity index (χ0) is 22.2. The van der Waals surface area contributed by atoms with Gasteiger partial charge in [-0.05, 0) is 49.9 Å². The molecule has 0 radical (unpaired) electrons. The minimum absolute atomic E-state index is 0.127. The Labute approximate surface area is 180 Å². The van der Waals surface area contributed by atoms with Crippen LogP contribution in [0.5, 0.6) is 5.75 Å². The second kappa shape index (κ2) is 8.18. The fourth-order valence-corrected chi connectivity index (χ4v) is 5.43. The molecule has 1 saturated heterocycles. The van der Waals surface area contributed by atoms with Crippen molar-refractivity contribution in [3.8, 4) is 5.75 Å². The third-order valence-corrected chi connectivity index (χ3v) is 7.25. The number of non-ortho nitro benzene ring substituents is 1. The summed E-state index contributed by atoms with van der Waals surface area (Å²) >= 11 is 0. The number of rotatable bonds is 4. The Balaban J connectivity index is 1.67. The van der Waals surface area contributed by atoms with Crippen LogP contribution in [0.2, 0.25) is 0 Å². The second-order valence-corrected chi connectivity index (χ2v) is 9.46. The normalized spacial score (nSPS) is 18.8. The molecule has 0 aromatic heterocycles. The fourth-order valence-electron chi connectivity index (χ4n) is 4.12. The van der Waals surface area contributed by atoms with Gasteiger partial charge in [-0.25, -0.2) is 8.42 Å². The van der Waals surface area contributed by atoms with Crippen LogP contribution >= 0.6 is 0 Å². The second-order valence-electron chi connectivity index (χ2n) is 7.81. The Kier molecular flexibility index (Phi) is 5.57. The fraction of sp³-hybridized carbons (Fsp3) is 0.381. The van der Waals surface area contributed by atoms with Gasteiger partial charge >= 0.3 is 0 Å². The third-order valence-electron chi connectivity index (χ3n) is 5.73. The van der Waals surface area contributed by atoms with Gasteiger partial charge in [-0.3, -0.25) is 19.6 Å². The van der Waals surface area contributed by atoms with Crippen molar-refractivity contribution in [3.05, 3.63) is 57.6 Å². The summed E-state index contributed by atoms with van der Waals surface area (Å²) in [5.74, 6) is 0.246. The molecule has 1 fully saturated rings. The number of hydrogen-bond donors (Lipinski definition) is 1. The molecule has 1 N–H and O–H groups in total. The van der Waals surface area contributed by atoms with E-state index in [4.69, 9.17) is 4.74 Å². The van der Waals surface area contributed by atoms with E-state index in [1.54, 1.807) is 13.0 Å². The zero-order valence-electron chi connectivity index (χ0n) is 17.0. The van der Waals surface area contributed by atoms with Gasteiger partial charge in [0.25, 0.3) is 21.6 Å². The van der Waals surface area contributed by atoms with Crippen LogP contribution in [0.4, 0.5) is 11.4 Å². The minimum atomic E-state index is -4.10. The predicted molar refractivity (Wildman–Crippen MR) is 114 cm³/mol. The Morgan fingerprint density at radius 3 is 2.74 bits per heavy atom. The van der Waals surface area contributed by atoms with E-state index in [1.807, 2.05) is 4.90 Å². The van der Waals surface area contributed by atoms with Gasteiger partial charge in [-0.2, -0.15) is 0 Å². The SMILES string of the molecule is Cc1ccc([N+](=O)[O-])cc1S(=O)(=O)Nc1ccc2c(c1)C(=O)N1CCCCC1CCO2. The highest BCUT2D eigenvalue weighted by Gasteiger charge is 2.31. The number of carbonyl (C=O) groups is 1. The molecule has 0 saturated carbocycles. The molecule has 164 valence electrons. The molecule has 2 aliphatic rings. The number of anilines is 1. The van der Waals surface area contributed by atoms with Crippen molar-refractivity contribution < 1.29 is 22.9 Å². The van der Waals surface area contributed by atoms with E-state index >= 15 is 0 Å². The number of piperidine rings is 1. The first-order valence-electron chi connectivity index (χ1n) is 10.1. The monoisotopic (exact) mass is 445 g/mol. The van der Waals surface area contributed by atoms with Crippen LogP contribution in [0.15, 0.2) is 41.3 Å². The molecule has 31 heavy (non-hydrogen) atoms. The number of amides is 1. The molecule has 2 aromatic rings. The van der Waals surface area contributed by atoms with Crippen LogP contribution in [0.25, 0.3) is 0 Å². The maximum absolute atomic E-state index is 13.2. The van der Waals surface area contributed by atoms with Crippen molar-refractivity contribution in [2.24, 2.45) is 0 Å². The summed E-state index contributed by atoms with van der Waals surface area (Å²) in [7, 11) is -4.10. The van der Waals surface area contributed by atoms with E-state index in [0.717, 1.165) is 31.7 Å². The van der Waals surface area contributed by atoms with Crippen LogP contribution < -0.4 is 9.46 Å². The van der Waals surface area contributed by atoms with Gasteiger partial charge in [0.05, 0.1) is 22.0 Å². The summed E-state index contributed by atoms with van der Waals surface area (Å²) in [6.07, 6.45) is 3.72. The molecular formula is C21H23N3O6S. The number of benzene rings is 2. The Bertz CT molecular complexity index is 1150. The number of carbonyl (C=O) groups excluding carboxylic acids is 1. The molecule has 0 spiro atoms. The Morgan fingerprint density at radius 2 is 1.97 bits per heavy atom. The lowest BCUT2D eigenvalue weighted by molar-refractivity contribution is -0.385. The van der Waals surface area contributed by atoms with Crippen LogP contribution in [0.3, 0.4) is 0 Å². The number of nitrogens with zero attached hydrogens (tertiary/aromatic N) is 2. The van der Waals surface area contributed by atoms with E-state index in [2.05, 4.69) is 4.72 Å². The van der Waals surface area contributed by atoms with Crippen LogP contribution in [-0.2, 0) is 10.0 Å². The van der Waals surface area contributed by atoms with Crippen molar-refractivity contribution in [2.45, 2.75) is 43.5 Å². The van der Waals surface area contributed by atoms with Gasteiger partial charge in [0.1, 0.15) is 5.75 Å². The Hall–Kier alpha value is -3.14. The van der Waals surface area contributed by atoms with Gasteiger partial charge in [-0.1, -0.05) is 6.07 Å². The maximum atomic E-state index is 13.2. The van der Waals surface area contributed by atoms with Gasteiger partial charge in [-0.15, -0.1) is 0 Å². The number of ether oxygens (including phenoxy) is 1. The molecule has 10 heteroatoms. The molecule has 2 aliphatic heterocycles. The lowest BCUT2D eigenvalue weighted by atomic mass is 9.97. The highest BCUT2D eigenvalue weighted by atomic mass is 32.2. The van der Waals surface area contributed by atoms with Crippen LogP contribution in [0, 0.1) is 17.0 Å².